The molecule has 4 heteroatoms. The summed E-state index contributed by atoms with van der Waals surface area (Å²) in [6, 6.07) is 0. The molecular weight excluding hydrogens is 214 g/mol. The molecule has 1 amide bonds. The zero-order valence-electron chi connectivity index (χ0n) is 9.66. The van der Waals surface area contributed by atoms with Crippen LogP contribution in [0.5, 0.6) is 0 Å². The number of amides is 1. The van der Waals surface area contributed by atoms with Gasteiger partial charge in [0, 0.05) is 19.0 Å². The summed E-state index contributed by atoms with van der Waals surface area (Å²) in [6.07, 6.45) is 1.92. The van der Waals surface area contributed by atoms with Gasteiger partial charge in [0.1, 0.15) is 5.38 Å². The lowest BCUT2D eigenvalue weighted by Crippen LogP contribution is -2.48. The van der Waals surface area contributed by atoms with E-state index in [1.54, 1.807) is 25.7 Å². The average molecular weight is 234 g/mol. The Labute approximate surface area is 96.4 Å². The lowest BCUT2D eigenvalue weighted by molar-refractivity contribution is -0.134. The van der Waals surface area contributed by atoms with Crippen molar-refractivity contribution in [2.45, 2.75) is 44.6 Å². The fourth-order valence-corrected chi connectivity index (χ4v) is 2.14. The molecule has 0 spiro atoms. The fraction of sp³-hybridized carbons (Fsp3) is 0.909. The summed E-state index contributed by atoms with van der Waals surface area (Å²) in [7, 11) is 0. The first kappa shape index (κ1) is 12.8. The summed E-state index contributed by atoms with van der Waals surface area (Å²) in [6.45, 7) is 6.69. The summed E-state index contributed by atoms with van der Waals surface area (Å²) >= 11 is 5.77. The second-order valence-corrected chi connectivity index (χ2v) is 5.55. The second-order valence-electron chi connectivity index (χ2n) is 4.89. The quantitative estimate of drug-likeness (QED) is 0.737. The Hall–Kier alpha value is -0.280. The molecule has 15 heavy (non-hydrogen) atoms. The van der Waals surface area contributed by atoms with E-state index in [1.807, 2.05) is 0 Å². The number of aliphatic hydroxyl groups is 1. The van der Waals surface area contributed by atoms with Crippen molar-refractivity contribution in [2.24, 2.45) is 5.92 Å². The van der Waals surface area contributed by atoms with Crippen LogP contribution in [0.25, 0.3) is 0 Å². The van der Waals surface area contributed by atoms with Gasteiger partial charge in [0.05, 0.1) is 5.60 Å². The van der Waals surface area contributed by atoms with Crippen LogP contribution in [0.2, 0.25) is 0 Å². The molecule has 0 aromatic heterocycles. The van der Waals surface area contributed by atoms with Crippen molar-refractivity contribution >= 4 is 17.5 Å². The molecule has 1 heterocycles. The van der Waals surface area contributed by atoms with Gasteiger partial charge >= 0.3 is 0 Å². The van der Waals surface area contributed by atoms with Gasteiger partial charge in [0.2, 0.25) is 5.91 Å². The molecule has 1 N–H and O–H groups in total. The van der Waals surface area contributed by atoms with Crippen molar-refractivity contribution < 1.29 is 9.90 Å². The minimum atomic E-state index is -0.714. The van der Waals surface area contributed by atoms with E-state index >= 15 is 0 Å². The smallest absolute Gasteiger partial charge is 0.240 e. The van der Waals surface area contributed by atoms with Crippen molar-refractivity contribution in [1.29, 1.82) is 0 Å². The third kappa shape index (κ3) is 3.35. The van der Waals surface area contributed by atoms with Crippen LogP contribution >= 0.6 is 11.6 Å². The van der Waals surface area contributed by atoms with Gasteiger partial charge in [0.25, 0.3) is 0 Å². The zero-order valence-corrected chi connectivity index (χ0v) is 10.4. The number of hydrogen-bond acceptors (Lipinski definition) is 2. The molecule has 3 nitrogen and oxygen atoms in total. The van der Waals surface area contributed by atoms with E-state index in [2.05, 4.69) is 0 Å². The normalized spacial score (nSPS) is 25.1. The number of alkyl halides is 1. The molecule has 1 saturated heterocycles. The number of rotatable bonds is 2. The predicted octanol–water partition coefficient (Wildman–Crippen LogP) is 1.62. The Morgan fingerprint density at radius 3 is 2.67 bits per heavy atom. The van der Waals surface area contributed by atoms with Crippen molar-refractivity contribution in [1.82, 2.24) is 4.90 Å². The molecule has 0 radical (unpaired) electrons. The van der Waals surface area contributed by atoms with Crippen molar-refractivity contribution in [2.75, 3.05) is 13.1 Å². The molecule has 0 saturated carbocycles. The minimum absolute atomic E-state index is 0.0226. The molecule has 1 fully saturated rings. The SMILES string of the molecule is CC(Cl)C(=O)N1CCCC(C(C)(C)O)C1. The fourth-order valence-electron chi connectivity index (χ4n) is 2.01. The third-order valence-corrected chi connectivity index (χ3v) is 3.26. The van der Waals surface area contributed by atoms with Crippen molar-refractivity contribution in [3.63, 3.8) is 0 Å². The van der Waals surface area contributed by atoms with Gasteiger partial charge in [-0.15, -0.1) is 11.6 Å². The van der Waals surface area contributed by atoms with E-state index in [0.29, 0.717) is 6.54 Å². The molecule has 0 aromatic carbocycles. The van der Waals surface area contributed by atoms with Gasteiger partial charge in [-0.1, -0.05) is 0 Å². The molecule has 1 rings (SSSR count). The van der Waals surface area contributed by atoms with Crippen LogP contribution in [0.3, 0.4) is 0 Å². The van der Waals surface area contributed by atoms with Crippen LogP contribution in [0, 0.1) is 5.92 Å². The van der Waals surface area contributed by atoms with E-state index in [0.717, 1.165) is 19.4 Å². The first-order valence-corrected chi connectivity index (χ1v) is 5.91. The Balaban J connectivity index is 2.60. The Morgan fingerprint density at radius 1 is 1.60 bits per heavy atom. The van der Waals surface area contributed by atoms with E-state index in [4.69, 9.17) is 11.6 Å². The number of carbonyl (C=O) groups excluding carboxylic acids is 1. The summed E-state index contributed by atoms with van der Waals surface area (Å²) in [4.78, 5) is 13.5. The van der Waals surface area contributed by atoms with Crippen molar-refractivity contribution in [3.05, 3.63) is 0 Å². The number of likely N-dealkylation sites (tertiary alicyclic amines) is 1. The largest absolute Gasteiger partial charge is 0.390 e. The summed E-state index contributed by atoms with van der Waals surface area (Å²) in [5.74, 6) is 0.135. The van der Waals surface area contributed by atoms with Crippen LogP contribution in [0.15, 0.2) is 0 Å². The van der Waals surface area contributed by atoms with Gasteiger partial charge in [0.15, 0.2) is 0 Å². The van der Waals surface area contributed by atoms with Gasteiger partial charge in [-0.05, 0) is 33.6 Å². The highest BCUT2D eigenvalue weighted by Crippen LogP contribution is 2.27. The Bertz CT molecular complexity index is 235. The monoisotopic (exact) mass is 233 g/mol. The number of carbonyl (C=O) groups is 1. The number of hydrogen-bond donors (Lipinski definition) is 1. The number of piperidine rings is 1. The molecule has 1 aliphatic heterocycles. The standard InChI is InChI=1S/C11H20ClNO2/c1-8(12)10(14)13-6-4-5-9(7-13)11(2,3)15/h8-9,15H,4-7H2,1-3H3. The molecule has 0 aliphatic carbocycles. The van der Waals surface area contributed by atoms with Crippen LogP contribution in [0.1, 0.15) is 33.6 Å². The first-order chi connectivity index (χ1) is 6.82. The van der Waals surface area contributed by atoms with E-state index < -0.39 is 11.0 Å². The first-order valence-electron chi connectivity index (χ1n) is 5.47. The summed E-state index contributed by atoms with van der Waals surface area (Å²) in [5, 5.41) is 9.44. The lowest BCUT2D eigenvalue weighted by atomic mass is 9.84. The summed E-state index contributed by atoms with van der Waals surface area (Å²) in [5.41, 5.74) is -0.714. The predicted molar refractivity (Wildman–Crippen MR) is 60.9 cm³/mol. The maximum Gasteiger partial charge on any atom is 0.240 e. The molecular formula is C11H20ClNO2. The van der Waals surface area contributed by atoms with Gasteiger partial charge in [-0.2, -0.15) is 0 Å². The highest BCUT2D eigenvalue weighted by Gasteiger charge is 2.33. The Morgan fingerprint density at radius 2 is 2.20 bits per heavy atom. The molecule has 0 bridgehead atoms. The molecule has 0 aromatic rings. The molecule has 2 atom stereocenters. The van der Waals surface area contributed by atoms with E-state index in [9.17, 15) is 9.90 Å². The van der Waals surface area contributed by atoms with Crippen LogP contribution in [-0.2, 0) is 4.79 Å². The molecule has 2 unspecified atom stereocenters. The lowest BCUT2D eigenvalue weighted by Gasteiger charge is -2.39. The van der Waals surface area contributed by atoms with Crippen LogP contribution < -0.4 is 0 Å². The highest BCUT2D eigenvalue weighted by atomic mass is 35.5. The number of halogens is 1. The maximum absolute atomic E-state index is 11.7. The van der Waals surface area contributed by atoms with Gasteiger partial charge < -0.3 is 10.0 Å². The maximum atomic E-state index is 11.7. The van der Waals surface area contributed by atoms with Gasteiger partial charge in [-0.25, -0.2) is 0 Å². The van der Waals surface area contributed by atoms with E-state index in [1.165, 1.54) is 0 Å². The second kappa shape index (κ2) is 4.71. The highest BCUT2D eigenvalue weighted by molar-refractivity contribution is 6.30. The average Bonchev–Trinajstić information content (AvgIpc) is 2.15. The number of nitrogens with zero attached hydrogens (tertiary/aromatic N) is 1. The molecule has 88 valence electrons. The van der Waals surface area contributed by atoms with Crippen LogP contribution in [0.4, 0.5) is 0 Å². The third-order valence-electron chi connectivity index (χ3n) is 3.07. The van der Waals surface area contributed by atoms with E-state index in [-0.39, 0.29) is 11.8 Å². The van der Waals surface area contributed by atoms with Crippen LogP contribution in [-0.4, -0.2) is 40.0 Å². The molecule has 1 aliphatic rings. The van der Waals surface area contributed by atoms with Crippen molar-refractivity contribution in [3.8, 4) is 0 Å². The minimum Gasteiger partial charge on any atom is -0.390 e. The zero-order chi connectivity index (χ0) is 11.6. The summed E-state index contributed by atoms with van der Waals surface area (Å²) < 4.78 is 0. The topological polar surface area (TPSA) is 40.5 Å². The van der Waals surface area contributed by atoms with Gasteiger partial charge in [-0.3, -0.25) is 4.79 Å². The Kier molecular flexibility index (Phi) is 4.01.